The minimum Gasteiger partial charge on any atom is -1.00 e. The molecule has 184 valence electrons. The highest BCUT2D eigenvalue weighted by atomic mass is 35.5. The molecule has 3 aromatic rings. The Balaban J connectivity index is 0.00000408. The van der Waals surface area contributed by atoms with E-state index in [1.165, 1.54) is 25.6 Å². The lowest BCUT2D eigenvalue weighted by Crippen LogP contribution is -3.00. The molecule has 0 aliphatic carbocycles. The van der Waals surface area contributed by atoms with E-state index in [0.29, 0.717) is 28.7 Å². The van der Waals surface area contributed by atoms with Crippen molar-refractivity contribution in [2.45, 2.75) is 19.1 Å². The van der Waals surface area contributed by atoms with Crippen LogP contribution in [0.4, 0.5) is 5.69 Å². The fraction of sp³-hybridized carbons (Fsp3) is 0.304. The SMILES string of the molecule is COc1ccc(-c2cnsc2-c2cc(OC)c(OC)c(OC)c2)cc1NC(=O)[C@@H]([NH3+])C(C)O.[Cl-]. The molecule has 2 atom stereocenters. The van der Waals surface area contributed by atoms with Crippen LogP contribution in [0.25, 0.3) is 21.6 Å². The molecule has 0 spiro atoms. The monoisotopic (exact) mass is 509 g/mol. The number of anilines is 1. The van der Waals surface area contributed by atoms with Gasteiger partial charge in [0, 0.05) is 17.3 Å². The normalized spacial score (nSPS) is 12.2. The number of aliphatic hydroxyl groups is 1. The van der Waals surface area contributed by atoms with E-state index < -0.39 is 18.1 Å². The second-order valence-electron chi connectivity index (χ2n) is 7.23. The van der Waals surface area contributed by atoms with Crippen molar-refractivity contribution in [1.29, 1.82) is 0 Å². The van der Waals surface area contributed by atoms with Gasteiger partial charge in [0.15, 0.2) is 17.5 Å². The lowest BCUT2D eigenvalue weighted by Gasteiger charge is -2.16. The van der Waals surface area contributed by atoms with Crippen LogP contribution in [0.5, 0.6) is 23.0 Å². The molecular weight excluding hydrogens is 482 g/mol. The Bertz CT molecular complexity index is 1110. The zero-order chi connectivity index (χ0) is 24.1. The molecule has 1 amide bonds. The lowest BCUT2D eigenvalue weighted by atomic mass is 10.0. The Morgan fingerprint density at radius 2 is 1.62 bits per heavy atom. The maximum atomic E-state index is 12.5. The van der Waals surface area contributed by atoms with Gasteiger partial charge in [0.05, 0.1) is 39.0 Å². The number of aromatic nitrogens is 1. The number of aliphatic hydroxyl groups excluding tert-OH is 1. The third-order valence-electron chi connectivity index (χ3n) is 5.18. The van der Waals surface area contributed by atoms with Gasteiger partial charge in [-0.1, -0.05) is 6.07 Å². The van der Waals surface area contributed by atoms with E-state index in [4.69, 9.17) is 18.9 Å². The summed E-state index contributed by atoms with van der Waals surface area (Å²) >= 11 is 1.32. The van der Waals surface area contributed by atoms with Gasteiger partial charge >= 0.3 is 0 Å². The summed E-state index contributed by atoms with van der Waals surface area (Å²) in [5.41, 5.74) is 6.70. The second kappa shape index (κ2) is 11.9. The number of carbonyl (C=O) groups is 1. The van der Waals surface area contributed by atoms with Crippen LogP contribution in [-0.2, 0) is 4.79 Å². The highest BCUT2D eigenvalue weighted by Gasteiger charge is 2.24. The maximum Gasteiger partial charge on any atom is 0.285 e. The highest BCUT2D eigenvalue weighted by Crippen LogP contribution is 2.45. The van der Waals surface area contributed by atoms with Crippen LogP contribution in [0.2, 0.25) is 0 Å². The Labute approximate surface area is 208 Å². The van der Waals surface area contributed by atoms with E-state index in [2.05, 4.69) is 15.4 Å². The van der Waals surface area contributed by atoms with Crippen LogP contribution in [0.1, 0.15) is 6.92 Å². The molecule has 9 nitrogen and oxygen atoms in total. The van der Waals surface area contributed by atoms with Crippen LogP contribution in [0.3, 0.4) is 0 Å². The minimum atomic E-state index is -0.883. The van der Waals surface area contributed by atoms with Crippen molar-refractivity contribution >= 4 is 23.1 Å². The summed E-state index contributed by atoms with van der Waals surface area (Å²) in [5, 5.41) is 12.5. The standard InChI is InChI=1S/C23H27N3O6S.ClH/c1-12(27)20(24)23(28)26-16-8-13(6-7-17(16)29-2)15-11-25-33-22(15)14-9-18(30-3)21(32-5)19(10-14)31-4;/h6-12,20,27H,24H2,1-5H3,(H,26,28);1H/t12?,20-;/m0./s1. The molecule has 3 rings (SSSR count). The summed E-state index contributed by atoms with van der Waals surface area (Å²) in [6.45, 7) is 1.52. The van der Waals surface area contributed by atoms with Gasteiger partial charge in [0.2, 0.25) is 5.75 Å². The van der Waals surface area contributed by atoms with Gasteiger partial charge in [-0.25, -0.2) is 0 Å². The highest BCUT2D eigenvalue weighted by molar-refractivity contribution is 7.10. The predicted octanol–water partition coefficient (Wildman–Crippen LogP) is -0.555. The molecule has 34 heavy (non-hydrogen) atoms. The first-order valence-electron chi connectivity index (χ1n) is 10.1. The Kier molecular flexibility index (Phi) is 9.51. The van der Waals surface area contributed by atoms with Crippen molar-refractivity contribution in [3.63, 3.8) is 0 Å². The first-order chi connectivity index (χ1) is 15.8. The molecule has 1 aromatic heterocycles. The van der Waals surface area contributed by atoms with Gasteiger partial charge < -0.3 is 47.5 Å². The van der Waals surface area contributed by atoms with E-state index >= 15 is 0 Å². The number of nitrogens with zero attached hydrogens (tertiary/aromatic N) is 1. The van der Waals surface area contributed by atoms with Crippen molar-refractivity contribution in [1.82, 2.24) is 4.37 Å². The summed E-state index contributed by atoms with van der Waals surface area (Å²) in [7, 11) is 6.21. The number of nitrogens with one attached hydrogen (secondary N) is 1. The molecule has 0 aliphatic heterocycles. The summed E-state index contributed by atoms with van der Waals surface area (Å²) in [6.07, 6.45) is 0.878. The van der Waals surface area contributed by atoms with Gasteiger partial charge in [0.25, 0.3) is 5.91 Å². The average Bonchev–Trinajstić information content (AvgIpc) is 3.32. The van der Waals surface area contributed by atoms with Crippen LogP contribution in [0, 0.1) is 0 Å². The van der Waals surface area contributed by atoms with Crippen molar-refractivity contribution in [3.05, 3.63) is 36.5 Å². The Hall–Kier alpha value is -3.05. The molecule has 0 radical (unpaired) electrons. The number of ether oxygens (including phenoxy) is 4. The lowest BCUT2D eigenvalue weighted by molar-refractivity contribution is -0.418. The second-order valence-corrected chi connectivity index (χ2v) is 8.04. The molecule has 5 N–H and O–H groups in total. The number of hydrogen-bond acceptors (Lipinski definition) is 8. The van der Waals surface area contributed by atoms with Crippen LogP contribution in [0.15, 0.2) is 36.5 Å². The number of halogens is 1. The Morgan fingerprint density at radius 1 is 1.00 bits per heavy atom. The molecule has 0 saturated carbocycles. The van der Waals surface area contributed by atoms with Crippen molar-refractivity contribution < 1.29 is 47.0 Å². The first kappa shape index (κ1) is 27.2. The number of carbonyl (C=O) groups excluding carboxylic acids is 1. The summed E-state index contributed by atoms with van der Waals surface area (Å²) in [5.74, 6) is 1.66. The van der Waals surface area contributed by atoms with E-state index in [9.17, 15) is 9.90 Å². The van der Waals surface area contributed by atoms with E-state index in [-0.39, 0.29) is 12.4 Å². The number of benzene rings is 2. The zero-order valence-electron chi connectivity index (χ0n) is 19.5. The van der Waals surface area contributed by atoms with Gasteiger partial charge in [-0.3, -0.25) is 4.79 Å². The quantitative estimate of drug-likeness (QED) is 0.353. The molecule has 1 heterocycles. The fourth-order valence-electron chi connectivity index (χ4n) is 3.28. The molecule has 0 fully saturated rings. The number of hydrogen-bond donors (Lipinski definition) is 3. The van der Waals surface area contributed by atoms with E-state index in [0.717, 1.165) is 21.6 Å². The van der Waals surface area contributed by atoms with Crippen LogP contribution < -0.4 is 42.4 Å². The maximum absolute atomic E-state index is 12.5. The predicted molar refractivity (Wildman–Crippen MR) is 126 cm³/mol. The molecule has 1 unspecified atom stereocenters. The third kappa shape index (κ3) is 5.53. The van der Waals surface area contributed by atoms with Crippen molar-refractivity contribution in [2.24, 2.45) is 0 Å². The smallest absolute Gasteiger partial charge is 0.285 e. The van der Waals surface area contributed by atoms with Crippen LogP contribution >= 0.6 is 11.5 Å². The van der Waals surface area contributed by atoms with Crippen LogP contribution in [-0.4, -0.2) is 56.0 Å². The summed E-state index contributed by atoms with van der Waals surface area (Å²) < 4.78 is 26.2. The zero-order valence-corrected chi connectivity index (χ0v) is 21.1. The molecular formula is C23H28ClN3O6S. The van der Waals surface area contributed by atoms with Gasteiger partial charge in [-0.15, -0.1) is 0 Å². The van der Waals surface area contributed by atoms with E-state index in [1.807, 2.05) is 18.2 Å². The topological polar surface area (TPSA) is 127 Å². The summed E-state index contributed by atoms with van der Waals surface area (Å²) in [6, 6.07) is 8.35. The molecule has 0 saturated heterocycles. The summed E-state index contributed by atoms with van der Waals surface area (Å²) in [4.78, 5) is 13.4. The molecule has 0 bridgehead atoms. The molecule has 11 heteroatoms. The molecule has 0 aliphatic rings. The van der Waals surface area contributed by atoms with Gasteiger partial charge in [-0.2, -0.15) is 4.37 Å². The fourth-order valence-corrected chi connectivity index (χ4v) is 4.04. The van der Waals surface area contributed by atoms with E-state index in [1.54, 1.807) is 39.7 Å². The van der Waals surface area contributed by atoms with Gasteiger partial charge in [0.1, 0.15) is 11.9 Å². The molecule has 2 aromatic carbocycles. The first-order valence-corrected chi connectivity index (χ1v) is 10.9. The number of methoxy groups -OCH3 is 4. The average molecular weight is 510 g/mol. The Morgan fingerprint density at radius 3 is 2.15 bits per heavy atom. The third-order valence-corrected chi connectivity index (χ3v) is 6.03. The number of rotatable bonds is 9. The van der Waals surface area contributed by atoms with Crippen molar-refractivity contribution in [3.8, 4) is 44.6 Å². The van der Waals surface area contributed by atoms with Crippen molar-refractivity contribution in [2.75, 3.05) is 33.8 Å². The minimum absolute atomic E-state index is 0. The largest absolute Gasteiger partial charge is 1.00 e. The number of amides is 1. The van der Waals surface area contributed by atoms with Gasteiger partial charge in [-0.05, 0) is 48.3 Å². The number of quaternary nitrogens is 1.